The normalized spacial score (nSPS) is 11.8. The lowest BCUT2D eigenvalue weighted by molar-refractivity contribution is 1.08. The van der Waals surface area contributed by atoms with E-state index in [1.54, 1.807) is 0 Å². The van der Waals surface area contributed by atoms with Crippen LogP contribution < -0.4 is 0 Å². The largest absolute Gasteiger partial charge is 0.307 e. The number of fused-ring (bicyclic) bond motifs is 11. The topological polar surface area (TPSA) is 35.6 Å². The van der Waals surface area contributed by atoms with Crippen LogP contribution >= 0.6 is 0 Å². The molecule has 11 aromatic rings. The van der Waals surface area contributed by atoms with Crippen molar-refractivity contribution in [2.75, 3.05) is 0 Å². The van der Waals surface area contributed by atoms with E-state index in [9.17, 15) is 0 Å². The van der Waals surface area contributed by atoms with Crippen molar-refractivity contribution < 1.29 is 0 Å². The predicted octanol–water partition coefficient (Wildman–Crippen LogP) is 12.3. The van der Waals surface area contributed by atoms with Crippen molar-refractivity contribution >= 4 is 65.4 Å². The monoisotopic (exact) mass is 662 g/mol. The van der Waals surface area contributed by atoms with Crippen molar-refractivity contribution in [1.82, 2.24) is 19.1 Å². The molecule has 0 aliphatic heterocycles. The van der Waals surface area contributed by atoms with Gasteiger partial charge in [0.15, 0.2) is 5.82 Å². The Bertz CT molecular complexity index is 3160. The van der Waals surface area contributed by atoms with Gasteiger partial charge >= 0.3 is 0 Å². The van der Waals surface area contributed by atoms with Crippen LogP contribution in [0, 0.1) is 0 Å². The van der Waals surface area contributed by atoms with Gasteiger partial charge in [-0.3, -0.25) is 4.57 Å². The number of nitrogens with zero attached hydrogens (tertiary/aromatic N) is 4. The maximum atomic E-state index is 5.51. The van der Waals surface area contributed by atoms with E-state index in [4.69, 9.17) is 9.97 Å². The Morgan fingerprint density at radius 1 is 0.327 bits per heavy atom. The fourth-order valence-electron chi connectivity index (χ4n) is 8.25. The smallest absolute Gasteiger partial charge is 0.165 e. The molecular weight excluding hydrogens is 633 g/mol. The van der Waals surface area contributed by atoms with Gasteiger partial charge in [-0.05, 0) is 58.3 Å². The minimum absolute atomic E-state index is 0.804. The van der Waals surface area contributed by atoms with Gasteiger partial charge in [0.05, 0.1) is 33.1 Å². The summed E-state index contributed by atoms with van der Waals surface area (Å²) < 4.78 is 4.83. The highest BCUT2D eigenvalue weighted by Crippen LogP contribution is 2.47. The Morgan fingerprint density at radius 3 is 1.40 bits per heavy atom. The third-order valence-electron chi connectivity index (χ3n) is 10.5. The van der Waals surface area contributed by atoms with Crippen LogP contribution in [-0.2, 0) is 0 Å². The number of aromatic nitrogens is 4. The van der Waals surface area contributed by atoms with Crippen molar-refractivity contribution in [1.29, 1.82) is 0 Å². The van der Waals surface area contributed by atoms with E-state index in [1.807, 2.05) is 12.1 Å². The lowest BCUT2D eigenvalue weighted by Crippen LogP contribution is -2.05. The average Bonchev–Trinajstić information content (AvgIpc) is 3.75. The zero-order chi connectivity index (χ0) is 34.2. The highest BCUT2D eigenvalue weighted by molar-refractivity contribution is 6.36. The molecule has 0 N–H and O–H groups in total. The van der Waals surface area contributed by atoms with Crippen molar-refractivity contribution in [3.63, 3.8) is 0 Å². The third kappa shape index (κ3) is 4.15. The van der Waals surface area contributed by atoms with Crippen LogP contribution in [-0.4, -0.2) is 19.1 Å². The molecule has 4 nitrogen and oxygen atoms in total. The van der Waals surface area contributed by atoms with E-state index in [0.717, 1.165) is 55.9 Å². The summed E-state index contributed by atoms with van der Waals surface area (Å²) in [5.74, 6) is 0.804. The second-order valence-electron chi connectivity index (χ2n) is 13.4. The van der Waals surface area contributed by atoms with Crippen molar-refractivity contribution in [3.05, 3.63) is 182 Å². The summed E-state index contributed by atoms with van der Waals surface area (Å²) in [5, 5.41) is 7.30. The molecule has 4 heteroatoms. The molecule has 8 aromatic carbocycles. The van der Waals surface area contributed by atoms with Gasteiger partial charge in [0.2, 0.25) is 0 Å². The molecule has 0 unspecified atom stereocenters. The number of para-hydroxylation sites is 5. The van der Waals surface area contributed by atoms with Crippen LogP contribution in [0.5, 0.6) is 0 Å². The van der Waals surface area contributed by atoms with Gasteiger partial charge in [-0.15, -0.1) is 0 Å². The van der Waals surface area contributed by atoms with E-state index in [-0.39, 0.29) is 0 Å². The second-order valence-corrected chi connectivity index (χ2v) is 13.4. The second kappa shape index (κ2) is 11.2. The van der Waals surface area contributed by atoms with Crippen molar-refractivity contribution in [2.45, 2.75) is 0 Å². The summed E-state index contributed by atoms with van der Waals surface area (Å²) in [6, 6.07) is 64.6. The lowest BCUT2D eigenvalue weighted by atomic mass is 9.98. The molecule has 0 aliphatic carbocycles. The number of benzene rings is 8. The van der Waals surface area contributed by atoms with Gasteiger partial charge in [0, 0.05) is 32.8 Å². The first-order valence-electron chi connectivity index (χ1n) is 17.7. The zero-order valence-electron chi connectivity index (χ0n) is 28.1. The zero-order valence-corrected chi connectivity index (χ0v) is 28.1. The van der Waals surface area contributed by atoms with Gasteiger partial charge in [-0.2, -0.15) is 0 Å². The first-order chi connectivity index (χ1) is 25.8. The Balaban J connectivity index is 1.35. The van der Waals surface area contributed by atoms with E-state index in [0.29, 0.717) is 0 Å². The highest BCUT2D eigenvalue weighted by Gasteiger charge is 2.26. The minimum Gasteiger partial charge on any atom is -0.307 e. The predicted molar refractivity (Wildman–Crippen MR) is 217 cm³/mol. The molecule has 3 heterocycles. The summed E-state index contributed by atoms with van der Waals surface area (Å²) >= 11 is 0. The Morgan fingerprint density at radius 2 is 0.769 bits per heavy atom. The maximum Gasteiger partial charge on any atom is 0.165 e. The van der Waals surface area contributed by atoms with E-state index >= 15 is 0 Å². The van der Waals surface area contributed by atoms with E-state index in [2.05, 4.69) is 179 Å². The molecule has 0 saturated carbocycles. The van der Waals surface area contributed by atoms with Crippen LogP contribution in [0.25, 0.3) is 99.3 Å². The average molecular weight is 663 g/mol. The van der Waals surface area contributed by atoms with Crippen LogP contribution in [0.4, 0.5) is 0 Å². The lowest BCUT2D eigenvalue weighted by Gasteiger charge is -2.16. The molecule has 52 heavy (non-hydrogen) atoms. The summed E-state index contributed by atoms with van der Waals surface area (Å²) in [7, 11) is 0. The SMILES string of the molecule is c1ccc(-c2ccc(-c3nc4ccccc4nc3-n3c4ccccc4c4c5ccccc5c5c6ccccc6n(-c6ccccc6)c5c43)cc2)cc1. The minimum atomic E-state index is 0.804. The molecule has 0 radical (unpaired) electrons. The Kier molecular flexibility index (Phi) is 6.22. The number of hydrogen-bond acceptors (Lipinski definition) is 2. The molecule has 0 fully saturated rings. The van der Waals surface area contributed by atoms with Gasteiger partial charge < -0.3 is 4.57 Å². The van der Waals surface area contributed by atoms with Gasteiger partial charge in [-0.25, -0.2) is 9.97 Å². The maximum absolute atomic E-state index is 5.51. The molecule has 3 aromatic heterocycles. The molecule has 0 atom stereocenters. The quantitative estimate of drug-likeness (QED) is 0.188. The molecule has 0 aliphatic rings. The van der Waals surface area contributed by atoms with Gasteiger partial charge in [0.25, 0.3) is 0 Å². The van der Waals surface area contributed by atoms with Gasteiger partial charge in [0.1, 0.15) is 5.69 Å². The standard InChI is InChI=1S/C48H30N4/c1-3-15-31(16-4-1)32-27-29-33(30-28-32)45-48(50-40-24-12-11-23-39(40)49-45)52-42-26-14-10-22-38(42)44-36-20-8-7-19-35(36)43-37-21-9-13-25-41(37)51(46(43)47(44)52)34-17-5-2-6-18-34/h1-30H. The molecule has 0 amide bonds. The van der Waals surface area contributed by atoms with Crippen molar-refractivity contribution in [2.24, 2.45) is 0 Å². The fourth-order valence-corrected chi connectivity index (χ4v) is 8.25. The highest BCUT2D eigenvalue weighted by atomic mass is 15.1. The summed E-state index contributed by atoms with van der Waals surface area (Å²) in [4.78, 5) is 10.9. The number of hydrogen-bond donors (Lipinski definition) is 0. The third-order valence-corrected chi connectivity index (χ3v) is 10.5. The van der Waals surface area contributed by atoms with E-state index < -0.39 is 0 Å². The van der Waals surface area contributed by atoms with Crippen molar-refractivity contribution in [3.8, 4) is 33.9 Å². The molecule has 0 saturated heterocycles. The first-order valence-corrected chi connectivity index (χ1v) is 17.7. The van der Waals surface area contributed by atoms with E-state index in [1.165, 1.54) is 43.4 Å². The number of rotatable bonds is 4. The summed E-state index contributed by atoms with van der Waals surface area (Å²) in [5.41, 5.74) is 11.6. The molecule has 0 spiro atoms. The fraction of sp³-hybridized carbons (Fsp3) is 0. The molecule has 242 valence electrons. The van der Waals surface area contributed by atoms with Gasteiger partial charge in [-0.1, -0.05) is 146 Å². The van der Waals surface area contributed by atoms with Crippen LogP contribution in [0.3, 0.4) is 0 Å². The Hall–Kier alpha value is -7.04. The Labute approximate surface area is 299 Å². The summed E-state index contributed by atoms with van der Waals surface area (Å²) in [6.45, 7) is 0. The molecule has 0 bridgehead atoms. The molecule has 11 rings (SSSR count). The summed E-state index contributed by atoms with van der Waals surface area (Å²) in [6.07, 6.45) is 0. The van der Waals surface area contributed by atoms with Crippen LogP contribution in [0.1, 0.15) is 0 Å². The molecular formula is C48H30N4. The van der Waals surface area contributed by atoms with Crippen LogP contribution in [0.15, 0.2) is 182 Å². The first kappa shape index (κ1) is 28.8. The van der Waals surface area contributed by atoms with Crippen LogP contribution in [0.2, 0.25) is 0 Å².